The van der Waals surface area contributed by atoms with Gasteiger partial charge >= 0.3 is 160 Å². The first kappa shape index (κ1) is 19.3. The average Bonchev–Trinajstić information content (AvgIpc) is 2.61. The summed E-state index contributed by atoms with van der Waals surface area (Å²) >= 11 is 0.348. The fourth-order valence-corrected chi connectivity index (χ4v) is 8.53. The van der Waals surface area contributed by atoms with Crippen molar-refractivity contribution in [2.75, 3.05) is 44.2 Å². The summed E-state index contributed by atoms with van der Waals surface area (Å²) in [6.45, 7) is 5.98. The van der Waals surface area contributed by atoms with E-state index in [9.17, 15) is 0 Å². The minimum atomic E-state index is 0.348. The van der Waals surface area contributed by atoms with Gasteiger partial charge < -0.3 is 0 Å². The number of rotatable bonds is 0. The van der Waals surface area contributed by atoms with Gasteiger partial charge in [-0.05, 0) is 0 Å². The van der Waals surface area contributed by atoms with Crippen molar-refractivity contribution in [2.24, 2.45) is 0 Å². The van der Waals surface area contributed by atoms with Crippen LogP contribution in [0.3, 0.4) is 0 Å². The Bertz CT molecular complexity index is 322. The summed E-state index contributed by atoms with van der Waals surface area (Å²) in [5, 5.41) is 11.7. The second-order valence-corrected chi connectivity index (χ2v) is 11.5. The van der Waals surface area contributed by atoms with Crippen LogP contribution in [-0.4, -0.2) is 71.1 Å². The standard InChI is InChI=1S/C19H38IN4/c1-24-14-10-20-16-6-2-3-7-17(16)21-11-12-22-18-8-4-5-9-19(18)23-13-15-24/h16-19,21-23H,2-15H2,1H3/q-1/t16-,17-,18?,19?/m1/s1. The molecule has 0 bridgehead atoms. The molecule has 2 unspecified atom stereocenters. The molecule has 0 spiro atoms. The molecule has 0 radical (unpaired) electrons. The Hall–Kier alpha value is 0.570. The topological polar surface area (TPSA) is 39.3 Å². The molecule has 3 fully saturated rings. The predicted octanol–water partition coefficient (Wildman–Crippen LogP) is -1.59. The zero-order chi connectivity index (χ0) is 16.6. The van der Waals surface area contributed by atoms with Gasteiger partial charge in [-0.15, -0.1) is 0 Å². The Morgan fingerprint density at radius 3 is 2.04 bits per heavy atom. The Morgan fingerprint density at radius 1 is 0.708 bits per heavy atom. The summed E-state index contributed by atoms with van der Waals surface area (Å²) in [5.41, 5.74) is 0. The van der Waals surface area contributed by atoms with Gasteiger partial charge in [0, 0.05) is 0 Å². The number of halogens is 1. The Labute approximate surface area is 159 Å². The van der Waals surface area contributed by atoms with Crippen LogP contribution in [0.15, 0.2) is 0 Å². The third kappa shape index (κ3) is 6.08. The van der Waals surface area contributed by atoms with E-state index in [4.69, 9.17) is 0 Å². The molecule has 0 amide bonds. The molecule has 0 aromatic heterocycles. The second kappa shape index (κ2) is 10.7. The summed E-state index contributed by atoms with van der Waals surface area (Å²) in [6.07, 6.45) is 11.3. The van der Waals surface area contributed by atoms with Crippen molar-refractivity contribution in [3.63, 3.8) is 0 Å². The molecule has 2 saturated carbocycles. The third-order valence-corrected chi connectivity index (χ3v) is 9.79. The van der Waals surface area contributed by atoms with Crippen LogP contribution >= 0.6 is 0 Å². The van der Waals surface area contributed by atoms with Crippen LogP contribution in [0.25, 0.3) is 0 Å². The number of likely N-dealkylation sites (N-methyl/N-ethyl adjacent to an activating group) is 1. The first-order chi connectivity index (χ1) is 11.8. The molecule has 4 atom stereocenters. The first-order valence-electron chi connectivity index (χ1n) is 10.3. The van der Waals surface area contributed by atoms with E-state index in [1.165, 1.54) is 68.9 Å². The van der Waals surface area contributed by atoms with E-state index in [0.717, 1.165) is 29.6 Å². The van der Waals surface area contributed by atoms with Crippen LogP contribution in [-0.2, 0) is 0 Å². The van der Waals surface area contributed by atoms with Crippen molar-refractivity contribution in [3.8, 4) is 0 Å². The molecule has 1 aliphatic heterocycles. The van der Waals surface area contributed by atoms with E-state index in [-0.39, 0.29) is 0 Å². The van der Waals surface area contributed by atoms with Crippen molar-refractivity contribution in [3.05, 3.63) is 0 Å². The summed E-state index contributed by atoms with van der Waals surface area (Å²) in [4.78, 5) is 2.56. The van der Waals surface area contributed by atoms with Gasteiger partial charge in [-0.25, -0.2) is 0 Å². The number of hydrogen-bond acceptors (Lipinski definition) is 4. The van der Waals surface area contributed by atoms with Crippen molar-refractivity contribution < 1.29 is 21.2 Å². The molecule has 3 N–H and O–H groups in total. The molecular formula is C19H38IN4-. The molecule has 0 aromatic carbocycles. The van der Waals surface area contributed by atoms with Crippen molar-refractivity contribution in [1.29, 1.82) is 0 Å². The van der Waals surface area contributed by atoms with Crippen LogP contribution in [0.2, 0.25) is 0 Å². The van der Waals surface area contributed by atoms with E-state index >= 15 is 0 Å². The van der Waals surface area contributed by atoms with E-state index in [1.807, 2.05) is 0 Å². The van der Waals surface area contributed by atoms with Crippen LogP contribution in [0.5, 0.6) is 0 Å². The van der Waals surface area contributed by atoms with E-state index in [0.29, 0.717) is 33.3 Å². The van der Waals surface area contributed by atoms with Gasteiger partial charge in [0.1, 0.15) is 0 Å². The van der Waals surface area contributed by atoms with Crippen LogP contribution < -0.4 is 37.2 Å². The van der Waals surface area contributed by atoms with Crippen LogP contribution in [0.1, 0.15) is 51.4 Å². The number of fused-ring (bicyclic) bond motifs is 2. The fraction of sp³-hybridized carbons (Fsp3) is 1.00. The molecule has 1 saturated heterocycles. The normalized spacial score (nSPS) is 38.7. The van der Waals surface area contributed by atoms with E-state index in [1.54, 1.807) is 0 Å². The molecule has 5 heteroatoms. The second-order valence-electron chi connectivity index (χ2n) is 7.91. The molecule has 3 rings (SSSR count). The van der Waals surface area contributed by atoms with Crippen LogP contribution in [0, 0.1) is 0 Å². The summed E-state index contributed by atoms with van der Waals surface area (Å²) in [5.74, 6) is 0. The zero-order valence-corrected chi connectivity index (χ0v) is 17.7. The van der Waals surface area contributed by atoms with E-state index < -0.39 is 0 Å². The third-order valence-electron chi connectivity index (χ3n) is 6.06. The SMILES string of the molecule is CN1CCNC2CCCCC2NCCN[C@@H]2CCCC[C@H]2[I-]CC1. The average molecular weight is 449 g/mol. The number of alkyl halides is 2. The van der Waals surface area contributed by atoms with Crippen molar-refractivity contribution in [2.45, 2.75) is 73.4 Å². The van der Waals surface area contributed by atoms with Gasteiger partial charge in [0.15, 0.2) is 0 Å². The first-order valence-corrected chi connectivity index (χ1v) is 13.1. The molecule has 1 heterocycles. The molecule has 3 aliphatic rings. The maximum absolute atomic E-state index is 3.93. The maximum atomic E-state index is 3.93. The zero-order valence-electron chi connectivity index (χ0n) is 15.5. The molecule has 24 heavy (non-hydrogen) atoms. The van der Waals surface area contributed by atoms with Crippen molar-refractivity contribution >= 4 is 0 Å². The molecule has 142 valence electrons. The summed E-state index contributed by atoms with van der Waals surface area (Å²) in [7, 11) is 2.32. The molecular weight excluding hydrogens is 411 g/mol. The van der Waals surface area contributed by atoms with Gasteiger partial charge in [-0.1, -0.05) is 0 Å². The molecule has 0 aromatic rings. The van der Waals surface area contributed by atoms with Gasteiger partial charge in [0.05, 0.1) is 0 Å². The Kier molecular flexibility index (Phi) is 8.58. The monoisotopic (exact) mass is 449 g/mol. The van der Waals surface area contributed by atoms with E-state index in [2.05, 4.69) is 27.9 Å². The van der Waals surface area contributed by atoms with Gasteiger partial charge in [-0.2, -0.15) is 0 Å². The fourth-order valence-electron chi connectivity index (χ4n) is 4.52. The molecule has 4 nitrogen and oxygen atoms in total. The number of nitrogens with one attached hydrogen (secondary N) is 3. The van der Waals surface area contributed by atoms with Crippen LogP contribution in [0.4, 0.5) is 0 Å². The van der Waals surface area contributed by atoms with Gasteiger partial charge in [0.25, 0.3) is 0 Å². The number of hydrogen-bond donors (Lipinski definition) is 3. The summed E-state index contributed by atoms with van der Waals surface area (Å²) in [6, 6.07) is 2.20. The minimum absolute atomic E-state index is 0.348. The predicted molar refractivity (Wildman–Crippen MR) is 98.5 cm³/mol. The van der Waals surface area contributed by atoms with Gasteiger partial charge in [-0.3, -0.25) is 0 Å². The quantitative estimate of drug-likeness (QED) is 0.308. The summed E-state index contributed by atoms with van der Waals surface area (Å²) < 4.78 is 2.50. The van der Waals surface area contributed by atoms with Crippen molar-refractivity contribution in [1.82, 2.24) is 20.9 Å². The Balaban J connectivity index is 1.55. The van der Waals surface area contributed by atoms with Gasteiger partial charge in [0.2, 0.25) is 0 Å². The Morgan fingerprint density at radius 2 is 1.29 bits per heavy atom. The molecule has 2 aliphatic carbocycles. The number of nitrogens with zero attached hydrogens (tertiary/aromatic N) is 1.